The van der Waals surface area contributed by atoms with Crippen molar-refractivity contribution in [1.82, 2.24) is 24.1 Å². The SMILES string of the molecule is c1ccc(-c2cccc(-n3c4ccccc4c4c5ccc6c(c5ccc43)c3ccccc3n6-c3ccc(-c4cccnc4)cn3)n2)cc1. The first-order valence-electron chi connectivity index (χ1n) is 16.1. The van der Waals surface area contributed by atoms with E-state index in [1.165, 1.54) is 32.3 Å². The van der Waals surface area contributed by atoms with Gasteiger partial charge < -0.3 is 0 Å². The third kappa shape index (κ3) is 3.94. The van der Waals surface area contributed by atoms with E-state index in [2.05, 4.69) is 148 Å². The maximum atomic E-state index is 5.17. The number of aromatic nitrogens is 5. The molecule has 0 fully saturated rings. The van der Waals surface area contributed by atoms with Gasteiger partial charge in [-0.3, -0.25) is 14.1 Å². The predicted molar refractivity (Wildman–Crippen MR) is 197 cm³/mol. The molecule has 0 saturated heterocycles. The van der Waals surface area contributed by atoms with Crippen LogP contribution in [0.15, 0.2) is 164 Å². The molecule has 0 atom stereocenters. The summed E-state index contributed by atoms with van der Waals surface area (Å²) in [6.45, 7) is 0. The predicted octanol–water partition coefficient (Wildman–Crippen LogP) is 10.6. The number of nitrogens with zero attached hydrogens (tertiary/aromatic N) is 5. The average molecular weight is 614 g/mol. The summed E-state index contributed by atoms with van der Waals surface area (Å²) < 4.78 is 4.58. The van der Waals surface area contributed by atoms with E-state index in [-0.39, 0.29) is 0 Å². The molecule has 0 unspecified atom stereocenters. The van der Waals surface area contributed by atoms with Gasteiger partial charge in [-0.25, -0.2) is 9.97 Å². The van der Waals surface area contributed by atoms with Gasteiger partial charge in [-0.15, -0.1) is 0 Å². The summed E-state index contributed by atoms with van der Waals surface area (Å²) in [5.41, 5.74) is 8.68. The molecule has 5 heterocycles. The summed E-state index contributed by atoms with van der Waals surface area (Å²) in [6, 6.07) is 51.3. The van der Waals surface area contributed by atoms with Gasteiger partial charge in [0.1, 0.15) is 11.6 Å². The van der Waals surface area contributed by atoms with Gasteiger partial charge >= 0.3 is 0 Å². The molecule has 0 saturated carbocycles. The molecule has 0 aliphatic rings. The second-order valence-electron chi connectivity index (χ2n) is 12.1. The third-order valence-corrected chi connectivity index (χ3v) is 9.47. The van der Waals surface area contributed by atoms with Crippen LogP contribution in [0.3, 0.4) is 0 Å². The fraction of sp³-hybridized carbons (Fsp3) is 0. The Balaban J connectivity index is 1.22. The molecule has 0 aliphatic carbocycles. The molecule has 48 heavy (non-hydrogen) atoms. The Morgan fingerprint density at radius 2 is 1.00 bits per heavy atom. The van der Waals surface area contributed by atoms with Crippen LogP contribution >= 0.6 is 0 Å². The zero-order valence-corrected chi connectivity index (χ0v) is 25.8. The maximum Gasteiger partial charge on any atom is 0.138 e. The molecule has 5 nitrogen and oxygen atoms in total. The maximum absolute atomic E-state index is 5.17. The van der Waals surface area contributed by atoms with Crippen molar-refractivity contribution < 1.29 is 0 Å². The van der Waals surface area contributed by atoms with Gasteiger partial charge in [0.15, 0.2) is 0 Å². The Morgan fingerprint density at radius 3 is 1.65 bits per heavy atom. The van der Waals surface area contributed by atoms with Crippen LogP contribution in [-0.2, 0) is 0 Å². The Kier molecular flexibility index (Phi) is 5.81. The van der Waals surface area contributed by atoms with E-state index in [4.69, 9.17) is 9.97 Å². The van der Waals surface area contributed by atoms with Crippen molar-refractivity contribution in [2.24, 2.45) is 0 Å². The first-order chi connectivity index (χ1) is 23.8. The highest BCUT2D eigenvalue weighted by Crippen LogP contribution is 2.42. The van der Waals surface area contributed by atoms with Crippen LogP contribution in [0.1, 0.15) is 0 Å². The highest BCUT2D eigenvalue weighted by atomic mass is 15.1. The minimum atomic E-state index is 0.884. The van der Waals surface area contributed by atoms with E-state index in [0.29, 0.717) is 0 Å². The fourth-order valence-corrected chi connectivity index (χ4v) is 7.37. The molecule has 5 aromatic carbocycles. The lowest BCUT2D eigenvalue weighted by Gasteiger charge is -2.10. The molecule has 10 rings (SSSR count). The number of para-hydroxylation sites is 2. The molecule has 0 N–H and O–H groups in total. The number of fused-ring (bicyclic) bond motifs is 9. The van der Waals surface area contributed by atoms with Crippen molar-refractivity contribution in [2.45, 2.75) is 0 Å². The summed E-state index contributed by atoms with van der Waals surface area (Å²) in [7, 11) is 0. The summed E-state index contributed by atoms with van der Waals surface area (Å²) in [4.78, 5) is 14.4. The van der Waals surface area contributed by atoms with E-state index >= 15 is 0 Å². The smallest absolute Gasteiger partial charge is 0.138 e. The van der Waals surface area contributed by atoms with E-state index in [9.17, 15) is 0 Å². The largest absolute Gasteiger partial charge is 0.294 e. The second kappa shape index (κ2) is 10.5. The first-order valence-corrected chi connectivity index (χ1v) is 16.1. The molecule has 0 bridgehead atoms. The zero-order valence-electron chi connectivity index (χ0n) is 25.8. The standard InChI is InChI=1S/C43H27N5/c1-2-10-28(11-3-1)35-15-8-18-41(46-35)48-37-17-7-5-14-34(37)43-32-20-22-38-42(31(32)21-23-39(43)48)33-13-4-6-16-36(33)47(38)40-24-19-30(27-45-40)29-12-9-25-44-26-29/h1-27H. The van der Waals surface area contributed by atoms with Crippen molar-refractivity contribution in [3.05, 3.63) is 164 Å². The van der Waals surface area contributed by atoms with Crippen LogP contribution in [-0.4, -0.2) is 24.1 Å². The highest BCUT2D eigenvalue weighted by molar-refractivity contribution is 6.29. The Bertz CT molecular complexity index is 2810. The number of hydrogen-bond donors (Lipinski definition) is 0. The summed E-state index contributed by atoms with van der Waals surface area (Å²) in [5.74, 6) is 1.79. The van der Waals surface area contributed by atoms with Gasteiger partial charge in [0, 0.05) is 56.8 Å². The molecule has 0 amide bonds. The van der Waals surface area contributed by atoms with Gasteiger partial charge in [0.25, 0.3) is 0 Å². The van der Waals surface area contributed by atoms with Crippen LogP contribution < -0.4 is 0 Å². The summed E-state index contributed by atoms with van der Waals surface area (Å²) >= 11 is 0. The third-order valence-electron chi connectivity index (χ3n) is 9.47. The normalized spacial score (nSPS) is 11.8. The van der Waals surface area contributed by atoms with Crippen molar-refractivity contribution in [2.75, 3.05) is 0 Å². The molecular weight excluding hydrogens is 587 g/mol. The molecule has 0 spiro atoms. The van der Waals surface area contributed by atoms with Crippen LogP contribution in [0.25, 0.3) is 88.4 Å². The number of pyridine rings is 3. The van der Waals surface area contributed by atoms with E-state index in [1.54, 1.807) is 6.20 Å². The topological polar surface area (TPSA) is 48.5 Å². The highest BCUT2D eigenvalue weighted by Gasteiger charge is 2.20. The van der Waals surface area contributed by atoms with Crippen LogP contribution in [0.2, 0.25) is 0 Å². The van der Waals surface area contributed by atoms with E-state index < -0.39 is 0 Å². The van der Waals surface area contributed by atoms with E-state index in [1.807, 2.05) is 24.5 Å². The van der Waals surface area contributed by atoms with Gasteiger partial charge in [0.05, 0.1) is 27.8 Å². The number of hydrogen-bond acceptors (Lipinski definition) is 3. The van der Waals surface area contributed by atoms with Crippen LogP contribution in [0.4, 0.5) is 0 Å². The minimum Gasteiger partial charge on any atom is -0.294 e. The molecule has 5 heteroatoms. The van der Waals surface area contributed by atoms with Gasteiger partial charge in [-0.05, 0) is 65.4 Å². The summed E-state index contributed by atoms with van der Waals surface area (Å²) in [6.07, 6.45) is 5.60. The van der Waals surface area contributed by atoms with Crippen LogP contribution in [0.5, 0.6) is 0 Å². The number of rotatable bonds is 4. The van der Waals surface area contributed by atoms with Crippen LogP contribution in [0, 0.1) is 0 Å². The van der Waals surface area contributed by atoms with Gasteiger partial charge in [0.2, 0.25) is 0 Å². The monoisotopic (exact) mass is 613 g/mol. The molecule has 0 radical (unpaired) electrons. The molecular formula is C43H27N5. The van der Waals surface area contributed by atoms with Crippen molar-refractivity contribution in [3.8, 4) is 34.0 Å². The van der Waals surface area contributed by atoms with Crippen molar-refractivity contribution >= 4 is 54.4 Å². The Labute approximate surface area is 276 Å². The van der Waals surface area contributed by atoms with Gasteiger partial charge in [-0.1, -0.05) is 91.0 Å². The van der Waals surface area contributed by atoms with Crippen molar-refractivity contribution in [3.63, 3.8) is 0 Å². The second-order valence-corrected chi connectivity index (χ2v) is 12.1. The molecule has 224 valence electrons. The van der Waals surface area contributed by atoms with Gasteiger partial charge in [-0.2, -0.15) is 0 Å². The fourth-order valence-electron chi connectivity index (χ4n) is 7.37. The lowest BCUT2D eigenvalue weighted by molar-refractivity contribution is 1.08. The average Bonchev–Trinajstić information content (AvgIpc) is 3.69. The minimum absolute atomic E-state index is 0.884. The Morgan fingerprint density at radius 1 is 0.375 bits per heavy atom. The first kappa shape index (κ1) is 26.6. The molecule has 10 aromatic rings. The van der Waals surface area contributed by atoms with Crippen molar-refractivity contribution in [1.29, 1.82) is 0 Å². The molecule has 5 aromatic heterocycles. The lowest BCUT2D eigenvalue weighted by atomic mass is 9.99. The van der Waals surface area contributed by atoms with E-state index in [0.717, 1.165) is 56.1 Å². The number of benzene rings is 5. The molecule has 0 aliphatic heterocycles. The Hall–Kier alpha value is -6.59. The zero-order chi connectivity index (χ0) is 31.6. The summed E-state index contributed by atoms with van der Waals surface area (Å²) in [5, 5.41) is 7.31. The quantitative estimate of drug-likeness (QED) is 0.198. The lowest BCUT2D eigenvalue weighted by Crippen LogP contribution is -1.98.